The zero-order chi connectivity index (χ0) is 17.1. The molecule has 0 aliphatic rings. The summed E-state index contributed by atoms with van der Waals surface area (Å²) in [6.07, 6.45) is 2.95. The van der Waals surface area contributed by atoms with Crippen LogP contribution in [0.3, 0.4) is 0 Å². The summed E-state index contributed by atoms with van der Waals surface area (Å²) in [5, 5.41) is 11.8. The second kappa shape index (κ2) is 6.89. The second-order valence-corrected chi connectivity index (χ2v) is 5.92. The Kier molecular flexibility index (Phi) is 4.67. The van der Waals surface area contributed by atoms with Gasteiger partial charge < -0.3 is 9.84 Å². The number of rotatable bonds is 5. The number of ether oxygens (including phenoxy) is 1. The Morgan fingerprint density at radius 2 is 1.92 bits per heavy atom. The number of hydrogen-bond acceptors (Lipinski definition) is 3. The minimum absolute atomic E-state index is 0.527. The van der Waals surface area contributed by atoms with Crippen molar-refractivity contribution in [3.63, 3.8) is 0 Å². The van der Waals surface area contributed by atoms with Gasteiger partial charge in [0.1, 0.15) is 5.75 Å². The van der Waals surface area contributed by atoms with Gasteiger partial charge >= 0.3 is 5.97 Å². The number of aromatic nitrogens is 1. The molecule has 1 atom stereocenters. The number of hydrogen-bond donors (Lipinski definition) is 1. The van der Waals surface area contributed by atoms with Crippen LogP contribution in [0, 0.1) is 0 Å². The predicted molar refractivity (Wildman–Crippen MR) is 93.7 cm³/mol. The standard InChI is InChI=1S/C19H16ClNO3/c1-12(19(22)23)24-18-8-9-21-11-14(18)10-13-6-7-17(20)16-5-3-2-4-15(13)16/h2-9,11-12H,10H2,1H3,(H,22,23). The van der Waals surface area contributed by atoms with Gasteiger partial charge in [-0.25, -0.2) is 4.79 Å². The highest BCUT2D eigenvalue weighted by atomic mass is 35.5. The maximum atomic E-state index is 11.0. The zero-order valence-electron chi connectivity index (χ0n) is 13.1. The van der Waals surface area contributed by atoms with Gasteiger partial charge in [0, 0.05) is 34.8 Å². The molecule has 4 nitrogen and oxygen atoms in total. The predicted octanol–water partition coefficient (Wildman–Crippen LogP) is 4.33. The van der Waals surface area contributed by atoms with Crippen molar-refractivity contribution in [3.8, 4) is 5.75 Å². The third kappa shape index (κ3) is 3.34. The molecule has 0 amide bonds. The van der Waals surface area contributed by atoms with Crippen molar-refractivity contribution >= 4 is 28.3 Å². The molecule has 3 aromatic rings. The van der Waals surface area contributed by atoms with E-state index in [1.54, 1.807) is 18.5 Å². The molecular formula is C19H16ClNO3. The molecule has 0 saturated heterocycles. The summed E-state index contributed by atoms with van der Waals surface area (Å²) in [5.74, 6) is -0.478. The molecule has 1 heterocycles. The molecule has 122 valence electrons. The van der Waals surface area contributed by atoms with Crippen molar-refractivity contribution in [3.05, 3.63) is 71.0 Å². The summed E-state index contributed by atoms with van der Waals surface area (Å²) in [7, 11) is 0. The molecule has 0 fully saturated rings. The van der Waals surface area contributed by atoms with Gasteiger partial charge in [-0.2, -0.15) is 0 Å². The molecule has 0 radical (unpaired) electrons. The molecule has 5 heteroatoms. The van der Waals surface area contributed by atoms with Crippen LogP contribution in [0.5, 0.6) is 5.75 Å². The SMILES string of the molecule is CC(Oc1ccncc1Cc1ccc(Cl)c2ccccc12)C(=O)O. The van der Waals surface area contributed by atoms with Gasteiger partial charge in [-0.3, -0.25) is 4.98 Å². The highest BCUT2D eigenvalue weighted by Crippen LogP contribution is 2.30. The Morgan fingerprint density at radius 1 is 1.17 bits per heavy atom. The number of carboxylic acids is 1. The Morgan fingerprint density at radius 3 is 2.67 bits per heavy atom. The summed E-state index contributed by atoms with van der Waals surface area (Å²) in [6.45, 7) is 1.50. The summed E-state index contributed by atoms with van der Waals surface area (Å²) < 4.78 is 5.55. The lowest BCUT2D eigenvalue weighted by molar-refractivity contribution is -0.144. The van der Waals surface area contributed by atoms with Crippen LogP contribution in [0.2, 0.25) is 5.02 Å². The van der Waals surface area contributed by atoms with Crippen molar-refractivity contribution in [2.75, 3.05) is 0 Å². The number of carbonyl (C=O) groups is 1. The normalized spacial score (nSPS) is 12.1. The Balaban J connectivity index is 1.98. The minimum Gasteiger partial charge on any atom is -0.479 e. The summed E-state index contributed by atoms with van der Waals surface area (Å²) >= 11 is 6.26. The van der Waals surface area contributed by atoms with E-state index in [1.807, 2.05) is 36.4 Å². The molecule has 1 N–H and O–H groups in total. The molecule has 0 aliphatic heterocycles. The van der Waals surface area contributed by atoms with Gasteiger partial charge in [0.2, 0.25) is 0 Å². The van der Waals surface area contributed by atoms with Crippen LogP contribution in [-0.2, 0) is 11.2 Å². The van der Waals surface area contributed by atoms with Gasteiger partial charge in [-0.1, -0.05) is 41.9 Å². The average molecular weight is 342 g/mol. The van der Waals surface area contributed by atoms with Crippen LogP contribution in [0.4, 0.5) is 0 Å². The number of benzene rings is 2. The highest BCUT2D eigenvalue weighted by Gasteiger charge is 2.15. The zero-order valence-corrected chi connectivity index (χ0v) is 13.8. The number of pyridine rings is 1. The highest BCUT2D eigenvalue weighted by molar-refractivity contribution is 6.35. The number of fused-ring (bicyclic) bond motifs is 1. The fourth-order valence-electron chi connectivity index (χ4n) is 2.59. The van der Waals surface area contributed by atoms with E-state index in [9.17, 15) is 4.79 Å². The van der Waals surface area contributed by atoms with E-state index in [0.717, 1.165) is 21.9 Å². The lowest BCUT2D eigenvalue weighted by atomic mass is 9.99. The summed E-state index contributed by atoms with van der Waals surface area (Å²) in [6, 6.07) is 13.5. The van der Waals surface area contributed by atoms with Crippen molar-refractivity contribution in [2.45, 2.75) is 19.4 Å². The van der Waals surface area contributed by atoms with E-state index in [4.69, 9.17) is 21.4 Å². The van der Waals surface area contributed by atoms with E-state index in [0.29, 0.717) is 17.2 Å². The monoisotopic (exact) mass is 341 g/mol. The third-order valence-corrected chi connectivity index (χ3v) is 4.18. The Labute approximate surface area is 144 Å². The molecule has 0 spiro atoms. The first-order chi connectivity index (χ1) is 11.6. The van der Waals surface area contributed by atoms with Gasteiger partial charge in [-0.05, 0) is 30.0 Å². The Bertz CT molecular complexity index is 895. The topological polar surface area (TPSA) is 59.4 Å². The fraction of sp³-hybridized carbons (Fsp3) is 0.158. The summed E-state index contributed by atoms with van der Waals surface area (Å²) in [4.78, 5) is 15.2. The molecule has 1 aromatic heterocycles. The lowest BCUT2D eigenvalue weighted by Gasteiger charge is -2.15. The molecule has 0 aliphatic carbocycles. The van der Waals surface area contributed by atoms with E-state index in [1.165, 1.54) is 6.92 Å². The molecular weight excluding hydrogens is 326 g/mol. The van der Waals surface area contributed by atoms with Gasteiger partial charge in [-0.15, -0.1) is 0 Å². The maximum Gasteiger partial charge on any atom is 0.344 e. The number of halogens is 1. The van der Waals surface area contributed by atoms with E-state index in [2.05, 4.69) is 4.98 Å². The van der Waals surface area contributed by atoms with E-state index < -0.39 is 12.1 Å². The molecule has 2 aromatic carbocycles. The molecule has 1 unspecified atom stereocenters. The largest absolute Gasteiger partial charge is 0.479 e. The van der Waals surface area contributed by atoms with E-state index >= 15 is 0 Å². The molecule has 24 heavy (non-hydrogen) atoms. The second-order valence-electron chi connectivity index (χ2n) is 5.51. The molecule has 3 rings (SSSR count). The summed E-state index contributed by atoms with van der Waals surface area (Å²) in [5.41, 5.74) is 1.91. The van der Waals surface area contributed by atoms with Crippen LogP contribution in [0.15, 0.2) is 54.9 Å². The van der Waals surface area contributed by atoms with Crippen LogP contribution >= 0.6 is 11.6 Å². The Hall–Kier alpha value is -2.59. The quantitative estimate of drug-likeness (QED) is 0.750. The van der Waals surface area contributed by atoms with Crippen molar-refractivity contribution in [2.24, 2.45) is 0 Å². The third-order valence-electron chi connectivity index (χ3n) is 3.85. The smallest absolute Gasteiger partial charge is 0.344 e. The van der Waals surface area contributed by atoms with Crippen LogP contribution in [0.25, 0.3) is 10.8 Å². The number of nitrogens with zero attached hydrogens (tertiary/aromatic N) is 1. The fourth-order valence-corrected chi connectivity index (χ4v) is 2.81. The van der Waals surface area contributed by atoms with Crippen LogP contribution in [0.1, 0.15) is 18.1 Å². The first kappa shape index (κ1) is 16.3. The number of carboxylic acid groups (broad SMARTS) is 1. The number of aliphatic carboxylic acids is 1. The molecule has 0 saturated carbocycles. The van der Waals surface area contributed by atoms with Crippen molar-refractivity contribution in [1.29, 1.82) is 0 Å². The van der Waals surface area contributed by atoms with Gasteiger partial charge in [0.25, 0.3) is 0 Å². The van der Waals surface area contributed by atoms with Gasteiger partial charge in [0.05, 0.1) is 0 Å². The first-order valence-electron chi connectivity index (χ1n) is 7.54. The minimum atomic E-state index is -1.00. The van der Waals surface area contributed by atoms with Crippen LogP contribution in [-0.4, -0.2) is 22.2 Å². The first-order valence-corrected chi connectivity index (χ1v) is 7.92. The average Bonchev–Trinajstić information content (AvgIpc) is 2.59. The van der Waals surface area contributed by atoms with Crippen LogP contribution < -0.4 is 4.74 Å². The van der Waals surface area contributed by atoms with Crippen molar-refractivity contribution < 1.29 is 14.6 Å². The maximum absolute atomic E-state index is 11.0. The molecule has 0 bridgehead atoms. The van der Waals surface area contributed by atoms with E-state index in [-0.39, 0.29) is 0 Å². The van der Waals surface area contributed by atoms with Gasteiger partial charge in [0.15, 0.2) is 6.10 Å². The van der Waals surface area contributed by atoms with Crippen molar-refractivity contribution in [1.82, 2.24) is 4.98 Å². The lowest BCUT2D eigenvalue weighted by Crippen LogP contribution is -2.23.